The molecule has 0 unspecified atom stereocenters. The normalized spacial score (nSPS) is 10.5. The molecule has 0 aliphatic rings. The van der Waals surface area contributed by atoms with Gasteiger partial charge in [-0.1, -0.05) is 41.0 Å². The van der Waals surface area contributed by atoms with Crippen molar-refractivity contribution in [2.24, 2.45) is 0 Å². The first-order valence-electron chi connectivity index (χ1n) is 6.88. The number of halogens is 1. The molecule has 1 heterocycles. The van der Waals surface area contributed by atoms with E-state index in [0.29, 0.717) is 33.3 Å². The zero-order valence-corrected chi connectivity index (χ0v) is 13.0. The highest BCUT2D eigenvalue weighted by atomic mass is 35.5. The number of aryl methyl sites for hydroxylation is 1. The van der Waals surface area contributed by atoms with Gasteiger partial charge in [0.15, 0.2) is 0 Å². The lowest BCUT2D eigenvalue weighted by molar-refractivity contribution is 0.102. The molecule has 5 nitrogen and oxygen atoms in total. The minimum atomic E-state index is -0.385. The number of anilines is 1. The number of hydrogen-bond acceptors (Lipinski definition) is 4. The van der Waals surface area contributed by atoms with Gasteiger partial charge in [0.25, 0.3) is 5.91 Å². The molecule has 1 aromatic heterocycles. The lowest BCUT2D eigenvalue weighted by Crippen LogP contribution is -2.13. The van der Waals surface area contributed by atoms with Crippen molar-refractivity contribution in [3.8, 4) is 17.0 Å². The van der Waals surface area contributed by atoms with Crippen LogP contribution in [0.25, 0.3) is 11.3 Å². The van der Waals surface area contributed by atoms with E-state index in [-0.39, 0.29) is 11.7 Å². The monoisotopic (exact) mass is 328 g/mol. The van der Waals surface area contributed by atoms with E-state index in [0.717, 1.165) is 0 Å². The highest BCUT2D eigenvalue weighted by Crippen LogP contribution is 2.31. The number of rotatable bonds is 3. The van der Waals surface area contributed by atoms with Gasteiger partial charge in [0.1, 0.15) is 22.8 Å². The number of aromatic nitrogens is 1. The van der Waals surface area contributed by atoms with Crippen LogP contribution in [-0.2, 0) is 0 Å². The Balaban J connectivity index is 1.99. The zero-order valence-electron chi connectivity index (χ0n) is 12.2. The van der Waals surface area contributed by atoms with E-state index in [1.54, 1.807) is 37.3 Å². The molecule has 0 radical (unpaired) electrons. The van der Waals surface area contributed by atoms with Gasteiger partial charge in [-0.3, -0.25) is 4.79 Å². The summed E-state index contributed by atoms with van der Waals surface area (Å²) in [7, 11) is 0. The van der Waals surface area contributed by atoms with Gasteiger partial charge >= 0.3 is 0 Å². The Hall–Kier alpha value is -2.79. The molecule has 2 N–H and O–H groups in total. The zero-order chi connectivity index (χ0) is 16.4. The highest BCUT2D eigenvalue weighted by molar-refractivity contribution is 6.33. The Labute approximate surface area is 137 Å². The molecule has 3 rings (SSSR count). The third kappa shape index (κ3) is 3.05. The summed E-state index contributed by atoms with van der Waals surface area (Å²) in [5.74, 6) is 0.0676. The number of phenols is 1. The van der Waals surface area contributed by atoms with Crippen molar-refractivity contribution in [1.29, 1.82) is 0 Å². The van der Waals surface area contributed by atoms with Crippen molar-refractivity contribution >= 4 is 23.2 Å². The summed E-state index contributed by atoms with van der Waals surface area (Å²) in [5, 5.41) is 16.6. The average Bonchev–Trinajstić information content (AvgIpc) is 2.89. The molecule has 0 spiro atoms. The third-order valence-corrected chi connectivity index (χ3v) is 3.65. The molecule has 0 atom stereocenters. The lowest BCUT2D eigenvalue weighted by atomic mass is 10.1. The van der Waals surface area contributed by atoms with E-state index < -0.39 is 0 Å². The van der Waals surface area contributed by atoms with Gasteiger partial charge < -0.3 is 14.9 Å². The Morgan fingerprint density at radius 1 is 1.22 bits per heavy atom. The summed E-state index contributed by atoms with van der Waals surface area (Å²) >= 11 is 6.18. The minimum absolute atomic E-state index is 0.0659. The summed E-state index contributed by atoms with van der Waals surface area (Å²) in [6.45, 7) is 1.66. The second-order valence-corrected chi connectivity index (χ2v) is 5.35. The Morgan fingerprint density at radius 3 is 2.74 bits per heavy atom. The Kier molecular flexibility index (Phi) is 4.04. The second-order valence-electron chi connectivity index (χ2n) is 4.95. The first-order chi connectivity index (χ1) is 11.1. The SMILES string of the molecule is Cc1onc(-c2ccccc2Cl)c1C(=O)Nc1cccc(O)c1. The van der Waals surface area contributed by atoms with E-state index in [1.807, 2.05) is 6.07 Å². The van der Waals surface area contributed by atoms with Crippen LogP contribution in [0.4, 0.5) is 5.69 Å². The predicted octanol–water partition coefficient (Wildman–Crippen LogP) is 4.26. The molecule has 0 saturated carbocycles. The van der Waals surface area contributed by atoms with Crippen LogP contribution in [0.3, 0.4) is 0 Å². The summed E-state index contributed by atoms with van der Waals surface area (Å²) < 4.78 is 5.17. The van der Waals surface area contributed by atoms with Gasteiger partial charge in [0.05, 0.1) is 5.02 Å². The van der Waals surface area contributed by atoms with Gasteiger partial charge in [-0.2, -0.15) is 0 Å². The maximum Gasteiger partial charge on any atom is 0.261 e. The van der Waals surface area contributed by atoms with Crippen LogP contribution in [0.1, 0.15) is 16.1 Å². The van der Waals surface area contributed by atoms with E-state index >= 15 is 0 Å². The van der Waals surface area contributed by atoms with Gasteiger partial charge in [0, 0.05) is 17.3 Å². The van der Waals surface area contributed by atoms with Crippen LogP contribution >= 0.6 is 11.6 Å². The first-order valence-corrected chi connectivity index (χ1v) is 7.25. The highest BCUT2D eigenvalue weighted by Gasteiger charge is 2.23. The van der Waals surface area contributed by atoms with E-state index in [2.05, 4.69) is 10.5 Å². The smallest absolute Gasteiger partial charge is 0.261 e. The fourth-order valence-corrected chi connectivity index (χ4v) is 2.48. The molecule has 0 saturated heterocycles. The summed E-state index contributed by atoms with van der Waals surface area (Å²) in [5.41, 5.74) is 1.78. The van der Waals surface area contributed by atoms with Gasteiger partial charge in [-0.25, -0.2) is 0 Å². The number of benzene rings is 2. The van der Waals surface area contributed by atoms with E-state index in [1.165, 1.54) is 12.1 Å². The topological polar surface area (TPSA) is 75.4 Å². The average molecular weight is 329 g/mol. The molecule has 2 aromatic carbocycles. The number of phenolic OH excluding ortho intramolecular Hbond substituents is 1. The van der Waals surface area contributed by atoms with Crippen LogP contribution in [0.2, 0.25) is 5.02 Å². The van der Waals surface area contributed by atoms with Crippen molar-refractivity contribution in [1.82, 2.24) is 5.16 Å². The fourth-order valence-electron chi connectivity index (χ4n) is 2.25. The summed E-state index contributed by atoms with van der Waals surface area (Å²) in [6, 6.07) is 13.4. The maximum absolute atomic E-state index is 12.6. The van der Waals surface area contributed by atoms with E-state index in [4.69, 9.17) is 16.1 Å². The quantitative estimate of drug-likeness (QED) is 0.753. The molecule has 3 aromatic rings. The standard InChI is InChI=1S/C17H13ClN2O3/c1-10-15(17(22)19-11-5-4-6-12(21)9-11)16(20-23-10)13-7-2-3-8-14(13)18/h2-9,21H,1H3,(H,19,22). The fraction of sp³-hybridized carbons (Fsp3) is 0.0588. The van der Waals surface area contributed by atoms with Crippen molar-refractivity contribution in [2.75, 3.05) is 5.32 Å². The predicted molar refractivity (Wildman–Crippen MR) is 87.7 cm³/mol. The van der Waals surface area contributed by atoms with Crippen LogP contribution in [0.5, 0.6) is 5.75 Å². The van der Waals surface area contributed by atoms with Gasteiger partial charge in [-0.15, -0.1) is 0 Å². The van der Waals surface area contributed by atoms with Crippen molar-refractivity contribution in [2.45, 2.75) is 6.92 Å². The van der Waals surface area contributed by atoms with Crippen molar-refractivity contribution in [3.63, 3.8) is 0 Å². The molecular formula is C17H13ClN2O3. The number of carbonyl (C=O) groups is 1. The minimum Gasteiger partial charge on any atom is -0.508 e. The number of carbonyl (C=O) groups excluding carboxylic acids is 1. The molecule has 0 aliphatic heterocycles. The third-order valence-electron chi connectivity index (χ3n) is 3.32. The molecular weight excluding hydrogens is 316 g/mol. The molecule has 1 amide bonds. The molecule has 6 heteroatoms. The van der Waals surface area contributed by atoms with Gasteiger partial charge in [0.2, 0.25) is 0 Å². The number of aromatic hydroxyl groups is 1. The van der Waals surface area contributed by atoms with Crippen molar-refractivity contribution < 1.29 is 14.4 Å². The van der Waals surface area contributed by atoms with Crippen molar-refractivity contribution in [3.05, 3.63) is 64.9 Å². The second kappa shape index (κ2) is 6.14. The molecule has 23 heavy (non-hydrogen) atoms. The summed E-state index contributed by atoms with van der Waals surface area (Å²) in [6.07, 6.45) is 0. The van der Waals surface area contributed by atoms with Crippen LogP contribution in [0.15, 0.2) is 53.1 Å². The Bertz CT molecular complexity index is 874. The molecule has 0 aliphatic carbocycles. The van der Waals surface area contributed by atoms with Crippen LogP contribution in [-0.4, -0.2) is 16.2 Å². The molecule has 0 fully saturated rings. The largest absolute Gasteiger partial charge is 0.508 e. The van der Waals surface area contributed by atoms with Gasteiger partial charge in [-0.05, 0) is 25.1 Å². The number of hydrogen-bond donors (Lipinski definition) is 2. The van der Waals surface area contributed by atoms with Crippen LogP contribution < -0.4 is 5.32 Å². The van der Waals surface area contributed by atoms with E-state index in [9.17, 15) is 9.90 Å². The summed E-state index contributed by atoms with van der Waals surface area (Å²) in [4.78, 5) is 12.6. The number of nitrogens with zero attached hydrogens (tertiary/aromatic N) is 1. The molecule has 116 valence electrons. The van der Waals surface area contributed by atoms with Crippen LogP contribution in [0, 0.1) is 6.92 Å². The first kappa shape index (κ1) is 15.1. The maximum atomic E-state index is 12.6. The number of amides is 1. The Morgan fingerprint density at radius 2 is 2.00 bits per heavy atom. The lowest BCUT2D eigenvalue weighted by Gasteiger charge is -2.07. The number of nitrogens with one attached hydrogen (secondary N) is 1. The molecule has 0 bridgehead atoms.